The Labute approximate surface area is 115 Å². The lowest BCUT2D eigenvalue weighted by Gasteiger charge is -2.16. The lowest BCUT2D eigenvalue weighted by atomic mass is 10.1. The van der Waals surface area contributed by atoms with Crippen molar-refractivity contribution in [3.8, 4) is 0 Å². The normalized spacial score (nSPS) is 12.3. The van der Waals surface area contributed by atoms with E-state index in [0.29, 0.717) is 11.2 Å². The number of nitrogens with zero attached hydrogens (tertiary/aromatic N) is 2. The molecule has 2 aromatic rings. The fourth-order valence-electron chi connectivity index (χ4n) is 1.89. The summed E-state index contributed by atoms with van der Waals surface area (Å²) in [4.78, 5) is 11.3. The van der Waals surface area contributed by atoms with E-state index < -0.39 is 5.97 Å². The lowest BCUT2D eigenvalue weighted by Crippen LogP contribution is -2.21. The molecule has 0 amide bonds. The minimum atomic E-state index is -1.07. The van der Waals surface area contributed by atoms with E-state index in [1.54, 1.807) is 11.8 Å². The zero-order chi connectivity index (χ0) is 13.8. The molecule has 1 atom stereocenters. The van der Waals surface area contributed by atoms with E-state index in [9.17, 15) is 9.90 Å². The first-order valence-corrected chi connectivity index (χ1v) is 7.27. The molecule has 0 fully saturated rings. The molecule has 0 spiro atoms. The van der Waals surface area contributed by atoms with E-state index in [0.717, 1.165) is 11.1 Å². The van der Waals surface area contributed by atoms with Crippen molar-refractivity contribution in [2.24, 2.45) is 0 Å². The number of nitrogens with one attached hydrogen (secondary N) is 1. The molecule has 1 heterocycles. The predicted molar refractivity (Wildman–Crippen MR) is 78.0 cm³/mol. The molecule has 2 N–H and O–H groups in total. The van der Waals surface area contributed by atoms with Crippen LogP contribution in [0.15, 0.2) is 24.3 Å². The van der Waals surface area contributed by atoms with Crippen molar-refractivity contribution in [1.82, 2.24) is 10.2 Å². The van der Waals surface area contributed by atoms with Crippen molar-refractivity contribution >= 4 is 34.3 Å². The summed E-state index contributed by atoms with van der Waals surface area (Å²) in [6.07, 6.45) is 2.01. The van der Waals surface area contributed by atoms with Gasteiger partial charge in [0.15, 0.2) is 5.69 Å². The molecule has 6 heteroatoms. The molecule has 0 saturated heterocycles. The van der Waals surface area contributed by atoms with Gasteiger partial charge in [-0.25, -0.2) is 4.79 Å². The Balaban J connectivity index is 2.52. The van der Waals surface area contributed by atoms with Gasteiger partial charge in [-0.3, -0.25) is 0 Å². The molecular weight excluding hydrogens is 262 g/mol. The van der Waals surface area contributed by atoms with E-state index in [1.165, 1.54) is 0 Å². The fraction of sp³-hybridized carbons (Fsp3) is 0.308. The smallest absolute Gasteiger partial charge is 0.358 e. The van der Waals surface area contributed by atoms with Crippen LogP contribution in [-0.2, 0) is 0 Å². The van der Waals surface area contributed by atoms with Gasteiger partial charge in [-0.15, -0.1) is 10.2 Å². The molecule has 1 unspecified atom stereocenters. The minimum Gasteiger partial charge on any atom is -0.476 e. The van der Waals surface area contributed by atoms with E-state index in [1.807, 2.05) is 37.4 Å². The number of aromatic nitrogens is 2. The monoisotopic (exact) mass is 277 g/mol. The highest BCUT2D eigenvalue weighted by Gasteiger charge is 2.17. The van der Waals surface area contributed by atoms with E-state index in [-0.39, 0.29) is 11.7 Å². The average Bonchev–Trinajstić information content (AvgIpc) is 2.39. The fourth-order valence-corrected chi connectivity index (χ4v) is 2.47. The maximum atomic E-state index is 11.3. The van der Waals surface area contributed by atoms with E-state index in [2.05, 4.69) is 15.5 Å². The molecule has 0 aliphatic heterocycles. The van der Waals surface area contributed by atoms with Crippen LogP contribution >= 0.6 is 11.8 Å². The number of rotatable bonds is 5. The van der Waals surface area contributed by atoms with Crippen molar-refractivity contribution in [2.45, 2.75) is 13.0 Å². The molecule has 19 heavy (non-hydrogen) atoms. The minimum absolute atomic E-state index is 0.0355. The summed E-state index contributed by atoms with van der Waals surface area (Å²) < 4.78 is 0. The Morgan fingerprint density at radius 3 is 2.84 bits per heavy atom. The van der Waals surface area contributed by atoms with Gasteiger partial charge in [-0.05, 0) is 19.2 Å². The molecule has 100 valence electrons. The number of aromatic carboxylic acids is 1. The number of carbonyl (C=O) groups is 1. The van der Waals surface area contributed by atoms with E-state index in [4.69, 9.17) is 0 Å². The molecule has 0 bridgehead atoms. The standard InChI is InChI=1S/C13H15N3O2S/c1-8(7-19-2)14-11-9-5-3-4-6-10(9)15-16-12(11)13(17)18/h3-6,8H,7H2,1-2H3,(H,14,15)(H,17,18). The second-order valence-corrected chi connectivity index (χ2v) is 5.16. The molecule has 0 aliphatic rings. The number of carboxylic acid groups (broad SMARTS) is 1. The van der Waals surface area contributed by atoms with Crippen LogP contribution < -0.4 is 5.32 Å². The predicted octanol–water partition coefficient (Wildman–Crippen LogP) is 2.49. The van der Waals surface area contributed by atoms with Crippen LogP contribution in [0.4, 0.5) is 5.69 Å². The lowest BCUT2D eigenvalue weighted by molar-refractivity contribution is 0.0690. The number of thioether (sulfide) groups is 1. The van der Waals surface area contributed by atoms with Gasteiger partial charge in [0.2, 0.25) is 0 Å². The van der Waals surface area contributed by atoms with Crippen LogP contribution in [0.5, 0.6) is 0 Å². The number of anilines is 1. The van der Waals surface area contributed by atoms with Crippen molar-refractivity contribution in [3.63, 3.8) is 0 Å². The van der Waals surface area contributed by atoms with Crippen molar-refractivity contribution in [1.29, 1.82) is 0 Å². The number of hydrogen-bond acceptors (Lipinski definition) is 5. The molecule has 0 radical (unpaired) electrons. The first-order valence-electron chi connectivity index (χ1n) is 5.87. The Hall–Kier alpha value is -1.82. The van der Waals surface area contributed by atoms with Crippen LogP contribution in [0.25, 0.3) is 10.9 Å². The molecule has 1 aromatic heterocycles. The Kier molecular flexibility index (Phi) is 4.21. The summed E-state index contributed by atoms with van der Waals surface area (Å²) in [5.74, 6) is -0.187. The summed E-state index contributed by atoms with van der Waals surface area (Å²) in [7, 11) is 0. The highest BCUT2D eigenvalue weighted by Crippen LogP contribution is 2.25. The van der Waals surface area contributed by atoms with Gasteiger partial charge in [0.25, 0.3) is 0 Å². The summed E-state index contributed by atoms with van der Waals surface area (Å²) in [5.41, 5.74) is 1.19. The number of fused-ring (bicyclic) bond motifs is 1. The van der Waals surface area contributed by atoms with Gasteiger partial charge in [0.1, 0.15) is 0 Å². The summed E-state index contributed by atoms with van der Waals surface area (Å²) >= 11 is 1.70. The summed E-state index contributed by atoms with van der Waals surface area (Å²) in [6, 6.07) is 7.54. The molecule has 5 nitrogen and oxygen atoms in total. The van der Waals surface area contributed by atoms with Gasteiger partial charge < -0.3 is 10.4 Å². The van der Waals surface area contributed by atoms with Gasteiger partial charge in [0.05, 0.1) is 11.2 Å². The Bertz CT molecular complexity index is 603. The van der Waals surface area contributed by atoms with Gasteiger partial charge >= 0.3 is 5.97 Å². The van der Waals surface area contributed by atoms with Crippen LogP contribution in [0.1, 0.15) is 17.4 Å². The molecule has 2 rings (SSSR count). The number of benzene rings is 1. The molecular formula is C13H15N3O2S. The van der Waals surface area contributed by atoms with Gasteiger partial charge in [-0.1, -0.05) is 18.2 Å². The summed E-state index contributed by atoms with van der Waals surface area (Å²) in [5, 5.41) is 21.0. The number of hydrogen-bond donors (Lipinski definition) is 2. The second-order valence-electron chi connectivity index (χ2n) is 4.25. The third kappa shape index (κ3) is 2.96. The first kappa shape index (κ1) is 13.6. The molecule has 0 saturated carbocycles. The topological polar surface area (TPSA) is 75.1 Å². The van der Waals surface area contributed by atoms with Crippen molar-refractivity contribution in [3.05, 3.63) is 30.0 Å². The third-order valence-electron chi connectivity index (χ3n) is 2.68. The zero-order valence-electron chi connectivity index (χ0n) is 10.8. The molecule has 0 aliphatic carbocycles. The average molecular weight is 277 g/mol. The second kappa shape index (κ2) is 5.88. The van der Waals surface area contributed by atoms with Crippen LogP contribution in [0.2, 0.25) is 0 Å². The maximum Gasteiger partial charge on any atom is 0.358 e. The highest BCUT2D eigenvalue weighted by molar-refractivity contribution is 7.98. The quantitative estimate of drug-likeness (QED) is 0.874. The maximum absolute atomic E-state index is 11.3. The zero-order valence-corrected chi connectivity index (χ0v) is 11.6. The van der Waals surface area contributed by atoms with Crippen molar-refractivity contribution < 1.29 is 9.90 Å². The van der Waals surface area contributed by atoms with Gasteiger partial charge in [-0.2, -0.15) is 11.8 Å². The van der Waals surface area contributed by atoms with Crippen LogP contribution in [-0.4, -0.2) is 39.3 Å². The van der Waals surface area contributed by atoms with Crippen LogP contribution in [0.3, 0.4) is 0 Å². The Morgan fingerprint density at radius 1 is 1.42 bits per heavy atom. The summed E-state index contributed by atoms with van der Waals surface area (Å²) in [6.45, 7) is 2.01. The highest BCUT2D eigenvalue weighted by atomic mass is 32.2. The molecule has 1 aromatic carbocycles. The van der Waals surface area contributed by atoms with Crippen molar-refractivity contribution in [2.75, 3.05) is 17.3 Å². The van der Waals surface area contributed by atoms with Gasteiger partial charge in [0, 0.05) is 17.2 Å². The number of carboxylic acids is 1. The Morgan fingerprint density at radius 2 is 2.16 bits per heavy atom. The third-order valence-corrected chi connectivity index (χ3v) is 3.51. The first-order chi connectivity index (χ1) is 9.13. The largest absolute Gasteiger partial charge is 0.476 e. The SMILES string of the molecule is CSCC(C)Nc1c(C(=O)O)nnc2ccccc12. The van der Waals surface area contributed by atoms with Crippen LogP contribution in [0, 0.1) is 0 Å². The van der Waals surface area contributed by atoms with E-state index >= 15 is 0 Å².